The number of aromatic nitrogens is 1. The highest BCUT2D eigenvalue weighted by Crippen LogP contribution is 2.29. The Morgan fingerprint density at radius 2 is 2.00 bits per heavy atom. The smallest absolute Gasteiger partial charge is 0.481 e. The summed E-state index contributed by atoms with van der Waals surface area (Å²) in [6.07, 6.45) is -4.50. The number of hydrogen-bond donors (Lipinski definition) is 1. The van der Waals surface area contributed by atoms with Crippen molar-refractivity contribution in [2.45, 2.75) is 12.8 Å². The van der Waals surface area contributed by atoms with E-state index >= 15 is 0 Å². The van der Waals surface area contributed by atoms with Gasteiger partial charge in [0.05, 0.1) is 18.3 Å². The van der Waals surface area contributed by atoms with Gasteiger partial charge in [0.2, 0.25) is 0 Å². The van der Waals surface area contributed by atoms with Crippen molar-refractivity contribution in [2.75, 3.05) is 0 Å². The molecule has 1 heterocycles. The van der Waals surface area contributed by atoms with E-state index in [4.69, 9.17) is 5.11 Å². The zero-order chi connectivity index (χ0) is 16.3. The van der Waals surface area contributed by atoms with Crippen molar-refractivity contribution in [1.29, 1.82) is 0 Å². The van der Waals surface area contributed by atoms with Crippen molar-refractivity contribution in [1.82, 2.24) is 4.98 Å². The van der Waals surface area contributed by atoms with Gasteiger partial charge >= 0.3 is 12.3 Å². The van der Waals surface area contributed by atoms with Crippen LogP contribution in [0, 0.1) is 5.82 Å². The Labute approximate surface area is 122 Å². The molecule has 0 saturated heterocycles. The molecule has 22 heavy (non-hydrogen) atoms. The number of aliphatic carboxylic acids is 1. The quantitative estimate of drug-likeness (QED) is 0.878. The Hall–Kier alpha value is -2.64. The molecule has 2 rings (SSSR count). The van der Waals surface area contributed by atoms with Gasteiger partial charge in [-0.1, -0.05) is 12.1 Å². The summed E-state index contributed by atoms with van der Waals surface area (Å²) in [6, 6.07) is 5.82. The fourth-order valence-corrected chi connectivity index (χ4v) is 1.86. The minimum absolute atomic E-state index is 0.0399. The predicted molar refractivity (Wildman–Crippen MR) is 67.7 cm³/mol. The summed E-state index contributed by atoms with van der Waals surface area (Å²) in [7, 11) is 0. The largest absolute Gasteiger partial charge is 0.573 e. The average Bonchev–Trinajstić information content (AvgIpc) is 2.38. The van der Waals surface area contributed by atoms with Crippen LogP contribution in [0.3, 0.4) is 0 Å². The molecule has 0 atom stereocenters. The van der Waals surface area contributed by atoms with Crippen LogP contribution < -0.4 is 4.74 Å². The maximum Gasteiger partial charge on any atom is 0.573 e. The topological polar surface area (TPSA) is 59.4 Å². The first-order valence-corrected chi connectivity index (χ1v) is 5.97. The number of ether oxygens (including phenoxy) is 1. The van der Waals surface area contributed by atoms with Crippen LogP contribution in [-0.2, 0) is 11.2 Å². The Bertz CT molecular complexity index is 701. The molecule has 0 aliphatic rings. The fraction of sp³-hybridized carbons (Fsp3) is 0.143. The summed E-state index contributed by atoms with van der Waals surface area (Å²) in [5.74, 6) is -2.41. The number of pyridine rings is 1. The molecule has 0 unspecified atom stereocenters. The second-order valence-electron chi connectivity index (χ2n) is 4.29. The Balaban J connectivity index is 2.45. The third-order valence-corrected chi connectivity index (χ3v) is 2.63. The van der Waals surface area contributed by atoms with Crippen molar-refractivity contribution in [3.05, 3.63) is 48.0 Å². The summed E-state index contributed by atoms with van der Waals surface area (Å²) in [6.45, 7) is 0. The second-order valence-corrected chi connectivity index (χ2v) is 4.29. The maximum absolute atomic E-state index is 13.3. The highest BCUT2D eigenvalue weighted by molar-refractivity contribution is 5.75. The van der Waals surface area contributed by atoms with E-state index in [9.17, 15) is 22.4 Å². The monoisotopic (exact) mass is 315 g/mol. The van der Waals surface area contributed by atoms with Crippen LogP contribution in [0.5, 0.6) is 5.75 Å². The van der Waals surface area contributed by atoms with E-state index in [1.807, 2.05) is 0 Å². The molecule has 0 bridgehead atoms. The minimum Gasteiger partial charge on any atom is -0.481 e. The molecule has 0 saturated carbocycles. The first-order chi connectivity index (χ1) is 10.2. The van der Waals surface area contributed by atoms with Gasteiger partial charge in [0.1, 0.15) is 11.6 Å². The zero-order valence-electron chi connectivity index (χ0n) is 10.9. The summed E-state index contributed by atoms with van der Waals surface area (Å²) >= 11 is 0. The number of carbonyl (C=O) groups is 1. The number of carboxylic acid groups (broad SMARTS) is 1. The number of halogens is 4. The lowest BCUT2D eigenvalue weighted by Crippen LogP contribution is -2.17. The number of alkyl halides is 3. The summed E-state index contributed by atoms with van der Waals surface area (Å²) in [5, 5.41) is 8.81. The Kier molecular flexibility index (Phi) is 4.30. The van der Waals surface area contributed by atoms with Crippen molar-refractivity contribution < 1.29 is 32.2 Å². The third kappa shape index (κ3) is 4.18. The number of hydrogen-bond acceptors (Lipinski definition) is 3. The van der Waals surface area contributed by atoms with E-state index < -0.39 is 30.3 Å². The van der Waals surface area contributed by atoms with Crippen LogP contribution in [0.2, 0.25) is 0 Å². The number of benzene rings is 1. The Morgan fingerprint density at radius 3 is 2.64 bits per heavy atom. The zero-order valence-corrected chi connectivity index (χ0v) is 10.9. The van der Waals surface area contributed by atoms with Crippen molar-refractivity contribution in [3.63, 3.8) is 0 Å². The molecule has 1 N–H and O–H groups in total. The summed E-state index contributed by atoms with van der Waals surface area (Å²) < 4.78 is 53.8. The molecule has 2 aromatic rings. The van der Waals surface area contributed by atoms with Crippen LogP contribution in [-0.4, -0.2) is 22.4 Å². The first-order valence-electron chi connectivity index (χ1n) is 5.97. The number of nitrogens with zero attached hydrogens (tertiary/aromatic N) is 1. The van der Waals surface area contributed by atoms with Crippen LogP contribution >= 0.6 is 0 Å². The fourth-order valence-electron chi connectivity index (χ4n) is 1.86. The lowest BCUT2D eigenvalue weighted by atomic mass is 10.0. The lowest BCUT2D eigenvalue weighted by Gasteiger charge is -2.11. The molecule has 4 nitrogen and oxygen atoms in total. The molecule has 0 spiro atoms. The van der Waals surface area contributed by atoms with Crippen LogP contribution in [0.25, 0.3) is 11.1 Å². The first kappa shape index (κ1) is 15.7. The molecule has 8 heteroatoms. The van der Waals surface area contributed by atoms with Gasteiger partial charge in [-0.2, -0.15) is 0 Å². The van der Waals surface area contributed by atoms with E-state index in [1.165, 1.54) is 12.1 Å². The van der Waals surface area contributed by atoms with Gasteiger partial charge in [0.25, 0.3) is 0 Å². The highest BCUT2D eigenvalue weighted by Gasteiger charge is 2.31. The maximum atomic E-state index is 13.3. The molecular formula is C14H9F4NO3. The van der Waals surface area contributed by atoms with Gasteiger partial charge in [-0.05, 0) is 23.8 Å². The predicted octanol–water partition coefficient (Wildman–Crippen LogP) is 3.41. The van der Waals surface area contributed by atoms with Gasteiger partial charge in [0, 0.05) is 5.56 Å². The molecule has 0 aliphatic carbocycles. The van der Waals surface area contributed by atoms with Crippen molar-refractivity contribution >= 4 is 5.97 Å². The minimum atomic E-state index is -4.86. The van der Waals surface area contributed by atoms with E-state index in [1.54, 1.807) is 0 Å². The SMILES string of the molecule is O=C(O)Cc1ncc(F)cc1-c1cccc(OC(F)(F)F)c1. The van der Waals surface area contributed by atoms with E-state index in [2.05, 4.69) is 9.72 Å². The van der Waals surface area contributed by atoms with Crippen molar-refractivity contribution in [3.8, 4) is 16.9 Å². The van der Waals surface area contributed by atoms with Gasteiger partial charge in [-0.25, -0.2) is 4.39 Å². The number of carboxylic acids is 1. The standard InChI is InChI=1S/C14H9F4NO3/c15-9-5-11(12(19-7-9)6-13(20)21)8-2-1-3-10(4-8)22-14(16,17)18/h1-5,7H,6H2,(H,20,21). The van der Waals surface area contributed by atoms with Gasteiger partial charge < -0.3 is 9.84 Å². The van der Waals surface area contributed by atoms with E-state index in [0.717, 1.165) is 24.4 Å². The van der Waals surface area contributed by atoms with Crippen LogP contribution in [0.1, 0.15) is 5.69 Å². The van der Waals surface area contributed by atoms with Gasteiger partial charge in [-0.15, -0.1) is 13.2 Å². The molecular weight excluding hydrogens is 306 g/mol. The molecule has 1 aromatic carbocycles. The van der Waals surface area contributed by atoms with E-state index in [-0.39, 0.29) is 16.8 Å². The lowest BCUT2D eigenvalue weighted by molar-refractivity contribution is -0.274. The molecule has 0 fully saturated rings. The average molecular weight is 315 g/mol. The third-order valence-electron chi connectivity index (χ3n) is 2.63. The van der Waals surface area contributed by atoms with Gasteiger partial charge in [0.15, 0.2) is 0 Å². The molecule has 0 amide bonds. The van der Waals surface area contributed by atoms with Crippen LogP contribution in [0.15, 0.2) is 36.5 Å². The van der Waals surface area contributed by atoms with Crippen molar-refractivity contribution in [2.24, 2.45) is 0 Å². The molecule has 116 valence electrons. The molecule has 0 aliphatic heterocycles. The molecule has 0 radical (unpaired) electrons. The van der Waals surface area contributed by atoms with E-state index in [0.29, 0.717) is 0 Å². The second kappa shape index (κ2) is 6.00. The summed E-state index contributed by atoms with van der Waals surface area (Å²) in [4.78, 5) is 14.5. The normalized spacial score (nSPS) is 11.3. The summed E-state index contributed by atoms with van der Waals surface area (Å²) in [5.41, 5.74) is 0.304. The Morgan fingerprint density at radius 1 is 1.27 bits per heavy atom. The van der Waals surface area contributed by atoms with Crippen LogP contribution in [0.4, 0.5) is 17.6 Å². The number of rotatable bonds is 4. The van der Waals surface area contributed by atoms with Gasteiger partial charge in [-0.3, -0.25) is 9.78 Å². The molecule has 1 aromatic heterocycles. The highest BCUT2D eigenvalue weighted by atomic mass is 19.4.